The van der Waals surface area contributed by atoms with Gasteiger partial charge in [0.25, 0.3) is 0 Å². The van der Waals surface area contributed by atoms with Gasteiger partial charge in [-0.2, -0.15) is 5.10 Å². The molecule has 0 radical (unpaired) electrons. The number of fused-ring (bicyclic) bond motifs is 1. The van der Waals surface area contributed by atoms with E-state index in [9.17, 15) is 4.79 Å². The molecule has 0 aliphatic carbocycles. The second-order valence-corrected chi connectivity index (χ2v) is 6.03. The standard InChI is InChI=1S/C16H20N6O2/c1-20-14-11-22(10-12(14)8-18-20)16(23)19-13-2-3-15(17-9-13)21-4-6-24-7-5-21/h2-3,8-9H,4-7,10-11H2,1H3,(H,19,23). The van der Waals surface area contributed by atoms with Crippen LogP contribution in [0, 0.1) is 0 Å². The first-order valence-electron chi connectivity index (χ1n) is 8.05. The molecular weight excluding hydrogens is 308 g/mol. The Bertz CT molecular complexity index is 736. The van der Waals surface area contributed by atoms with E-state index in [2.05, 4.69) is 20.3 Å². The lowest BCUT2D eigenvalue weighted by atomic mass is 10.3. The van der Waals surface area contributed by atoms with Gasteiger partial charge in [0, 0.05) is 25.7 Å². The van der Waals surface area contributed by atoms with Gasteiger partial charge in [-0.25, -0.2) is 9.78 Å². The molecule has 8 nitrogen and oxygen atoms in total. The van der Waals surface area contributed by atoms with Gasteiger partial charge in [0.05, 0.1) is 50.1 Å². The Morgan fingerprint density at radius 3 is 2.75 bits per heavy atom. The molecule has 4 heterocycles. The Balaban J connectivity index is 1.38. The van der Waals surface area contributed by atoms with Crippen LogP contribution < -0.4 is 10.2 Å². The molecule has 2 aliphatic rings. The molecule has 0 bridgehead atoms. The molecule has 4 rings (SSSR count). The highest BCUT2D eigenvalue weighted by atomic mass is 16.5. The molecule has 2 aromatic rings. The van der Waals surface area contributed by atoms with Crippen molar-refractivity contribution in [3.63, 3.8) is 0 Å². The molecule has 126 valence electrons. The Labute approximate surface area is 140 Å². The van der Waals surface area contributed by atoms with Crippen LogP contribution >= 0.6 is 0 Å². The summed E-state index contributed by atoms with van der Waals surface area (Å²) < 4.78 is 7.17. The minimum absolute atomic E-state index is 0.118. The summed E-state index contributed by atoms with van der Waals surface area (Å²) in [5.74, 6) is 0.913. The Kier molecular flexibility index (Phi) is 3.81. The third-order valence-corrected chi connectivity index (χ3v) is 4.47. The third-order valence-electron chi connectivity index (χ3n) is 4.47. The van der Waals surface area contributed by atoms with Crippen LogP contribution in [0.4, 0.5) is 16.3 Å². The summed E-state index contributed by atoms with van der Waals surface area (Å²) in [7, 11) is 1.90. The van der Waals surface area contributed by atoms with Crippen molar-refractivity contribution >= 4 is 17.5 Å². The number of pyridine rings is 1. The van der Waals surface area contributed by atoms with Crippen LogP contribution in [0.1, 0.15) is 11.3 Å². The molecule has 2 amide bonds. The van der Waals surface area contributed by atoms with Crippen molar-refractivity contribution in [1.82, 2.24) is 19.7 Å². The molecule has 0 unspecified atom stereocenters. The molecule has 8 heteroatoms. The molecule has 1 N–H and O–H groups in total. The Morgan fingerprint density at radius 1 is 1.21 bits per heavy atom. The molecule has 2 aliphatic heterocycles. The van der Waals surface area contributed by atoms with E-state index < -0.39 is 0 Å². The fourth-order valence-corrected chi connectivity index (χ4v) is 3.07. The number of nitrogens with one attached hydrogen (secondary N) is 1. The lowest BCUT2D eigenvalue weighted by molar-refractivity contribution is 0.122. The number of anilines is 2. The molecule has 0 atom stereocenters. The van der Waals surface area contributed by atoms with E-state index in [0.29, 0.717) is 18.8 Å². The van der Waals surface area contributed by atoms with E-state index in [4.69, 9.17) is 4.74 Å². The monoisotopic (exact) mass is 328 g/mol. The van der Waals surface area contributed by atoms with E-state index in [1.54, 1.807) is 11.1 Å². The highest BCUT2D eigenvalue weighted by Crippen LogP contribution is 2.23. The first-order chi connectivity index (χ1) is 11.7. The van der Waals surface area contributed by atoms with Gasteiger partial charge in [-0.1, -0.05) is 0 Å². The number of ether oxygens (including phenoxy) is 1. The van der Waals surface area contributed by atoms with Crippen LogP contribution in [-0.2, 0) is 24.9 Å². The zero-order valence-corrected chi connectivity index (χ0v) is 13.6. The Morgan fingerprint density at radius 2 is 2.04 bits per heavy atom. The van der Waals surface area contributed by atoms with Crippen molar-refractivity contribution in [2.45, 2.75) is 13.1 Å². The lowest BCUT2D eigenvalue weighted by Gasteiger charge is -2.27. The minimum atomic E-state index is -0.118. The second kappa shape index (κ2) is 6.12. The minimum Gasteiger partial charge on any atom is -0.378 e. The fraction of sp³-hybridized carbons (Fsp3) is 0.438. The van der Waals surface area contributed by atoms with Gasteiger partial charge in [0.1, 0.15) is 5.82 Å². The number of aryl methyl sites for hydroxylation is 1. The molecule has 1 saturated heterocycles. The number of carbonyl (C=O) groups is 1. The van der Waals surface area contributed by atoms with Crippen LogP contribution in [-0.4, -0.2) is 52.0 Å². The average Bonchev–Trinajstić information content (AvgIpc) is 3.19. The highest BCUT2D eigenvalue weighted by Gasteiger charge is 2.26. The number of morpholine rings is 1. The van der Waals surface area contributed by atoms with Gasteiger partial charge in [-0.15, -0.1) is 0 Å². The largest absolute Gasteiger partial charge is 0.378 e. The summed E-state index contributed by atoms with van der Waals surface area (Å²) >= 11 is 0. The normalized spacial score (nSPS) is 17.0. The summed E-state index contributed by atoms with van der Waals surface area (Å²) in [6.45, 7) is 4.32. The van der Waals surface area contributed by atoms with Crippen LogP contribution in [0.5, 0.6) is 0 Å². The predicted octanol–water partition coefficient (Wildman–Crippen LogP) is 1.20. The fourth-order valence-electron chi connectivity index (χ4n) is 3.07. The van der Waals surface area contributed by atoms with Crippen LogP contribution in [0.2, 0.25) is 0 Å². The maximum absolute atomic E-state index is 12.4. The van der Waals surface area contributed by atoms with Crippen LogP contribution in [0.15, 0.2) is 24.5 Å². The van der Waals surface area contributed by atoms with Gasteiger partial charge in [0.15, 0.2) is 0 Å². The SMILES string of the molecule is Cn1ncc2c1CN(C(=O)Nc1ccc(N3CCOCC3)nc1)C2. The summed E-state index contributed by atoms with van der Waals surface area (Å²) in [4.78, 5) is 20.8. The van der Waals surface area contributed by atoms with E-state index in [-0.39, 0.29) is 6.03 Å². The number of hydrogen-bond donors (Lipinski definition) is 1. The van der Waals surface area contributed by atoms with E-state index >= 15 is 0 Å². The summed E-state index contributed by atoms with van der Waals surface area (Å²) in [6, 6.07) is 3.71. The van der Waals surface area contributed by atoms with Crippen molar-refractivity contribution in [2.24, 2.45) is 7.05 Å². The molecule has 2 aromatic heterocycles. The van der Waals surface area contributed by atoms with Crippen molar-refractivity contribution in [3.8, 4) is 0 Å². The first-order valence-corrected chi connectivity index (χ1v) is 8.05. The van der Waals surface area contributed by atoms with Gasteiger partial charge >= 0.3 is 6.03 Å². The molecular formula is C16H20N6O2. The topological polar surface area (TPSA) is 75.5 Å². The predicted molar refractivity (Wildman–Crippen MR) is 88.7 cm³/mol. The van der Waals surface area contributed by atoms with Crippen LogP contribution in [0.25, 0.3) is 0 Å². The third kappa shape index (κ3) is 2.80. The smallest absolute Gasteiger partial charge is 0.322 e. The van der Waals surface area contributed by atoms with Crippen molar-refractivity contribution < 1.29 is 9.53 Å². The van der Waals surface area contributed by atoms with Gasteiger partial charge in [-0.05, 0) is 12.1 Å². The molecule has 24 heavy (non-hydrogen) atoms. The number of aromatic nitrogens is 3. The van der Waals surface area contributed by atoms with Crippen molar-refractivity contribution in [1.29, 1.82) is 0 Å². The summed E-state index contributed by atoms with van der Waals surface area (Å²) in [6.07, 6.45) is 3.52. The second-order valence-electron chi connectivity index (χ2n) is 6.03. The first kappa shape index (κ1) is 14.9. The molecule has 0 saturated carbocycles. The highest BCUT2D eigenvalue weighted by molar-refractivity contribution is 5.89. The molecule has 0 spiro atoms. The van der Waals surface area contributed by atoms with Gasteiger partial charge < -0.3 is 19.9 Å². The number of carbonyl (C=O) groups excluding carboxylic acids is 1. The Hall–Kier alpha value is -2.61. The van der Waals surface area contributed by atoms with Gasteiger partial charge in [-0.3, -0.25) is 4.68 Å². The maximum atomic E-state index is 12.4. The molecule has 1 fully saturated rings. The van der Waals surface area contributed by atoms with Crippen molar-refractivity contribution in [2.75, 3.05) is 36.5 Å². The average molecular weight is 328 g/mol. The lowest BCUT2D eigenvalue weighted by Crippen LogP contribution is -2.36. The molecule has 0 aromatic carbocycles. The maximum Gasteiger partial charge on any atom is 0.322 e. The zero-order valence-electron chi connectivity index (χ0n) is 13.6. The number of hydrogen-bond acceptors (Lipinski definition) is 5. The zero-order chi connectivity index (χ0) is 16.5. The van der Waals surface area contributed by atoms with E-state index in [1.807, 2.05) is 30.1 Å². The number of nitrogens with zero attached hydrogens (tertiary/aromatic N) is 5. The number of amides is 2. The van der Waals surface area contributed by atoms with E-state index in [0.717, 1.165) is 43.4 Å². The van der Waals surface area contributed by atoms with E-state index in [1.165, 1.54) is 0 Å². The number of urea groups is 1. The van der Waals surface area contributed by atoms with Crippen LogP contribution in [0.3, 0.4) is 0 Å². The summed E-state index contributed by atoms with van der Waals surface area (Å²) in [5.41, 5.74) is 2.89. The van der Waals surface area contributed by atoms with Gasteiger partial charge in [0.2, 0.25) is 0 Å². The van der Waals surface area contributed by atoms with Crippen molar-refractivity contribution in [3.05, 3.63) is 35.8 Å². The summed E-state index contributed by atoms with van der Waals surface area (Å²) in [5, 5.41) is 7.11. The number of rotatable bonds is 2. The quantitative estimate of drug-likeness (QED) is 0.896.